The molecule has 0 radical (unpaired) electrons. The maximum absolute atomic E-state index is 6.06. The average Bonchev–Trinajstić information content (AvgIpc) is 2.41. The first-order chi connectivity index (χ1) is 9.73. The Balaban J connectivity index is 1.89. The summed E-state index contributed by atoms with van der Waals surface area (Å²) in [4.78, 5) is 0. The number of rotatable bonds is 5. The Morgan fingerprint density at radius 3 is 2.55 bits per heavy atom. The van der Waals surface area contributed by atoms with E-state index in [1.807, 2.05) is 12.1 Å². The zero-order valence-corrected chi connectivity index (χ0v) is 12.8. The lowest BCUT2D eigenvalue weighted by molar-refractivity contribution is 0.186. The van der Waals surface area contributed by atoms with E-state index in [1.54, 1.807) is 0 Å². The smallest absolute Gasteiger partial charge is 0.0434 e. The van der Waals surface area contributed by atoms with Crippen molar-refractivity contribution in [2.45, 2.75) is 44.6 Å². The van der Waals surface area contributed by atoms with Gasteiger partial charge in [0, 0.05) is 10.6 Å². The van der Waals surface area contributed by atoms with E-state index in [4.69, 9.17) is 11.6 Å². The summed E-state index contributed by atoms with van der Waals surface area (Å²) in [6.45, 7) is 3.37. The van der Waals surface area contributed by atoms with E-state index in [2.05, 4.69) is 36.5 Å². The van der Waals surface area contributed by atoms with Crippen molar-refractivity contribution in [3.05, 3.63) is 47.0 Å². The fourth-order valence-corrected chi connectivity index (χ4v) is 3.30. The fraction of sp³-hybridized carbons (Fsp3) is 0.444. The van der Waals surface area contributed by atoms with Crippen molar-refractivity contribution in [3.8, 4) is 0 Å². The van der Waals surface area contributed by atoms with Crippen LogP contribution in [-0.4, -0.2) is 6.54 Å². The van der Waals surface area contributed by atoms with Crippen molar-refractivity contribution in [2.75, 3.05) is 6.54 Å². The normalized spacial score (nSPS) is 17.1. The second-order valence-electron chi connectivity index (χ2n) is 5.92. The average molecular weight is 288 g/mol. The van der Waals surface area contributed by atoms with Crippen molar-refractivity contribution in [2.24, 2.45) is 0 Å². The number of nitrogens with one attached hydrogen (secondary N) is 1. The molecule has 0 amide bonds. The lowest BCUT2D eigenvalue weighted by Gasteiger charge is -2.43. The van der Waals surface area contributed by atoms with Crippen LogP contribution < -0.4 is 5.32 Å². The standard InChI is InChI=1S/C18H22ClN/c1-2-3-11-20-18(9-4-10-18)16-7-5-15-13-17(19)8-6-14(15)12-16/h5-8,12-13,20H,2-4,9-11H2,1H3. The van der Waals surface area contributed by atoms with Gasteiger partial charge in [-0.3, -0.25) is 0 Å². The second-order valence-corrected chi connectivity index (χ2v) is 6.36. The maximum atomic E-state index is 6.06. The molecule has 1 saturated carbocycles. The Kier molecular flexibility index (Phi) is 4.00. The SMILES string of the molecule is CCCCNC1(c2ccc3cc(Cl)ccc3c2)CCC1. The molecule has 0 unspecified atom stereocenters. The van der Waals surface area contributed by atoms with Crippen LogP contribution in [0.5, 0.6) is 0 Å². The van der Waals surface area contributed by atoms with Gasteiger partial charge in [0.25, 0.3) is 0 Å². The molecule has 0 aromatic heterocycles. The van der Waals surface area contributed by atoms with E-state index in [0.717, 1.165) is 11.6 Å². The summed E-state index contributed by atoms with van der Waals surface area (Å²) in [7, 11) is 0. The number of unbranched alkanes of at least 4 members (excludes halogenated alkanes) is 1. The molecule has 0 atom stereocenters. The van der Waals surface area contributed by atoms with Gasteiger partial charge in [0.1, 0.15) is 0 Å². The molecule has 2 aromatic rings. The van der Waals surface area contributed by atoms with Gasteiger partial charge in [0.05, 0.1) is 0 Å². The third kappa shape index (κ3) is 2.57. The Morgan fingerprint density at radius 1 is 1.10 bits per heavy atom. The first-order valence-electron chi connectivity index (χ1n) is 7.68. The van der Waals surface area contributed by atoms with Crippen LogP contribution in [0.4, 0.5) is 0 Å². The second kappa shape index (κ2) is 5.75. The molecule has 0 spiro atoms. The maximum Gasteiger partial charge on any atom is 0.0434 e. The Hall–Kier alpha value is -1.05. The van der Waals surface area contributed by atoms with E-state index in [9.17, 15) is 0 Å². The molecule has 2 aromatic carbocycles. The monoisotopic (exact) mass is 287 g/mol. The Bertz CT molecular complexity index is 601. The molecule has 20 heavy (non-hydrogen) atoms. The summed E-state index contributed by atoms with van der Waals surface area (Å²) in [5.74, 6) is 0. The van der Waals surface area contributed by atoms with E-state index in [1.165, 1.54) is 48.4 Å². The zero-order valence-electron chi connectivity index (χ0n) is 12.1. The molecule has 1 aliphatic carbocycles. The van der Waals surface area contributed by atoms with Gasteiger partial charge >= 0.3 is 0 Å². The van der Waals surface area contributed by atoms with Gasteiger partial charge < -0.3 is 5.32 Å². The summed E-state index contributed by atoms with van der Waals surface area (Å²) in [6, 6.07) is 13.0. The topological polar surface area (TPSA) is 12.0 Å². The minimum absolute atomic E-state index is 0.225. The summed E-state index contributed by atoms with van der Waals surface area (Å²) in [5, 5.41) is 7.12. The van der Waals surface area contributed by atoms with Crippen LogP contribution in [0.25, 0.3) is 10.8 Å². The molecular formula is C18H22ClN. The number of benzene rings is 2. The van der Waals surface area contributed by atoms with Gasteiger partial charge in [-0.15, -0.1) is 0 Å². The third-order valence-electron chi connectivity index (χ3n) is 4.56. The summed E-state index contributed by atoms with van der Waals surface area (Å²) < 4.78 is 0. The lowest BCUT2D eigenvalue weighted by atomic mass is 9.71. The highest BCUT2D eigenvalue weighted by Crippen LogP contribution is 2.42. The van der Waals surface area contributed by atoms with Crippen LogP contribution >= 0.6 is 11.6 Å². The van der Waals surface area contributed by atoms with Crippen LogP contribution in [-0.2, 0) is 5.54 Å². The molecule has 1 fully saturated rings. The van der Waals surface area contributed by atoms with Crippen LogP contribution in [0.15, 0.2) is 36.4 Å². The van der Waals surface area contributed by atoms with Crippen LogP contribution in [0.3, 0.4) is 0 Å². The highest BCUT2D eigenvalue weighted by atomic mass is 35.5. The van der Waals surface area contributed by atoms with Gasteiger partial charge in [-0.25, -0.2) is 0 Å². The molecule has 0 bridgehead atoms. The lowest BCUT2D eigenvalue weighted by Crippen LogP contribution is -2.48. The van der Waals surface area contributed by atoms with Crippen molar-refractivity contribution in [3.63, 3.8) is 0 Å². The first kappa shape index (κ1) is 13.9. The Morgan fingerprint density at radius 2 is 1.85 bits per heavy atom. The van der Waals surface area contributed by atoms with Crippen LogP contribution in [0.2, 0.25) is 5.02 Å². The third-order valence-corrected chi connectivity index (χ3v) is 4.79. The fourth-order valence-electron chi connectivity index (χ4n) is 3.12. The highest BCUT2D eigenvalue weighted by Gasteiger charge is 2.37. The molecule has 0 heterocycles. The van der Waals surface area contributed by atoms with E-state index < -0.39 is 0 Å². The molecule has 1 aliphatic rings. The highest BCUT2D eigenvalue weighted by molar-refractivity contribution is 6.31. The number of fused-ring (bicyclic) bond motifs is 1. The van der Waals surface area contributed by atoms with Crippen molar-refractivity contribution < 1.29 is 0 Å². The first-order valence-corrected chi connectivity index (χ1v) is 8.06. The van der Waals surface area contributed by atoms with Gasteiger partial charge in [-0.2, -0.15) is 0 Å². The summed E-state index contributed by atoms with van der Waals surface area (Å²) in [6.07, 6.45) is 6.35. The van der Waals surface area contributed by atoms with E-state index >= 15 is 0 Å². The molecule has 106 valence electrons. The minimum Gasteiger partial charge on any atom is -0.307 e. The summed E-state index contributed by atoms with van der Waals surface area (Å²) in [5.41, 5.74) is 1.66. The van der Waals surface area contributed by atoms with E-state index in [-0.39, 0.29) is 5.54 Å². The van der Waals surface area contributed by atoms with Gasteiger partial charge in [0.2, 0.25) is 0 Å². The van der Waals surface area contributed by atoms with Gasteiger partial charge in [-0.05, 0) is 66.8 Å². The van der Waals surface area contributed by atoms with Crippen molar-refractivity contribution in [1.29, 1.82) is 0 Å². The minimum atomic E-state index is 0.225. The predicted molar refractivity (Wildman–Crippen MR) is 87.4 cm³/mol. The largest absolute Gasteiger partial charge is 0.307 e. The molecule has 1 N–H and O–H groups in total. The van der Waals surface area contributed by atoms with Gasteiger partial charge in [0.15, 0.2) is 0 Å². The van der Waals surface area contributed by atoms with Crippen LogP contribution in [0, 0.1) is 0 Å². The number of hydrogen-bond acceptors (Lipinski definition) is 1. The number of halogens is 1. The quantitative estimate of drug-likeness (QED) is 0.740. The molecule has 3 rings (SSSR count). The predicted octanol–water partition coefficient (Wildman–Crippen LogP) is 5.26. The zero-order chi connectivity index (χ0) is 14.0. The molecule has 0 aliphatic heterocycles. The Labute approximate surface area is 126 Å². The van der Waals surface area contributed by atoms with E-state index in [0.29, 0.717) is 0 Å². The molecule has 0 saturated heterocycles. The van der Waals surface area contributed by atoms with Gasteiger partial charge in [-0.1, -0.05) is 43.1 Å². The molecule has 1 nitrogen and oxygen atoms in total. The summed E-state index contributed by atoms with van der Waals surface area (Å²) >= 11 is 6.06. The molecule has 2 heteroatoms. The number of hydrogen-bond donors (Lipinski definition) is 1. The van der Waals surface area contributed by atoms with Crippen molar-refractivity contribution >= 4 is 22.4 Å². The molecular weight excluding hydrogens is 266 g/mol. The van der Waals surface area contributed by atoms with Crippen molar-refractivity contribution in [1.82, 2.24) is 5.32 Å². The van der Waals surface area contributed by atoms with Crippen LogP contribution in [0.1, 0.15) is 44.6 Å².